The highest BCUT2D eigenvalue weighted by molar-refractivity contribution is 7.85. The van der Waals surface area contributed by atoms with E-state index in [4.69, 9.17) is 18.9 Å². The van der Waals surface area contributed by atoms with Crippen molar-refractivity contribution in [3.63, 3.8) is 0 Å². The average Bonchev–Trinajstić information content (AvgIpc) is 3.25. The zero-order valence-corrected chi connectivity index (χ0v) is 40.5. The molecular weight excluding hydrogens is 825 g/mol. The maximum atomic E-state index is 12.7. The Morgan fingerprint density at radius 1 is 0.571 bits per heavy atom. The van der Waals surface area contributed by atoms with E-state index in [9.17, 15) is 37.9 Å². The zero-order valence-electron chi connectivity index (χ0n) is 39.7. The summed E-state index contributed by atoms with van der Waals surface area (Å²) in [6.45, 7) is 3.70. The Morgan fingerprint density at radius 3 is 1.44 bits per heavy atom. The molecule has 370 valence electrons. The summed E-state index contributed by atoms with van der Waals surface area (Å²) in [6, 6.07) is 0. The standard InChI is InChI=1S/C50H92O12S/c1-3-5-7-9-11-13-15-17-19-20-21-22-23-25-26-28-30-32-34-36-38-45(51)59-40-43(41-60-50-49(55)48(54)47(53)44(62-50)42-63(56,57)58)61-46(52)39-37-35-33-31-29-27-24-18-16-14-12-10-8-6-4-2/h33,35,37,39,43-44,47-50,53-55H,3-32,34,36,38,40-42H2,1-2H3,(H,56,57,58)/b35-33+,39-37+/t43-,44-,47-,48?,49?,50+/m1/s1. The van der Waals surface area contributed by atoms with Crippen LogP contribution in [0.3, 0.4) is 0 Å². The van der Waals surface area contributed by atoms with Crippen molar-refractivity contribution in [1.82, 2.24) is 0 Å². The summed E-state index contributed by atoms with van der Waals surface area (Å²) >= 11 is 0. The molecule has 6 atom stereocenters. The number of hydrogen-bond donors (Lipinski definition) is 4. The Kier molecular flexibility index (Phi) is 37.9. The first kappa shape index (κ1) is 59.1. The molecular formula is C50H92O12S. The Balaban J connectivity index is 2.40. The van der Waals surface area contributed by atoms with Gasteiger partial charge in [0.15, 0.2) is 12.4 Å². The number of rotatable bonds is 43. The number of aliphatic hydroxyl groups is 3. The van der Waals surface area contributed by atoms with Crippen molar-refractivity contribution in [2.45, 2.75) is 263 Å². The van der Waals surface area contributed by atoms with Crippen molar-refractivity contribution in [3.8, 4) is 0 Å². The maximum absolute atomic E-state index is 12.7. The lowest BCUT2D eigenvalue weighted by molar-refractivity contribution is -0.297. The topological polar surface area (TPSA) is 186 Å². The predicted octanol–water partition coefficient (Wildman–Crippen LogP) is 11.2. The molecule has 1 rings (SSSR count). The number of aliphatic hydroxyl groups excluding tert-OH is 3. The minimum absolute atomic E-state index is 0.205. The molecule has 0 radical (unpaired) electrons. The van der Waals surface area contributed by atoms with E-state index in [1.54, 1.807) is 12.2 Å². The van der Waals surface area contributed by atoms with Crippen LogP contribution in [0.5, 0.6) is 0 Å². The van der Waals surface area contributed by atoms with Crippen LogP contribution in [0.1, 0.15) is 226 Å². The number of unbranched alkanes of at least 4 members (excludes halogenated alkanes) is 30. The minimum atomic E-state index is -4.61. The zero-order chi connectivity index (χ0) is 46.2. The van der Waals surface area contributed by atoms with E-state index in [-0.39, 0.29) is 13.0 Å². The first-order chi connectivity index (χ1) is 30.5. The third kappa shape index (κ3) is 35.1. The molecule has 4 N–H and O–H groups in total. The summed E-state index contributed by atoms with van der Waals surface area (Å²) in [4.78, 5) is 25.4. The molecule has 2 unspecified atom stereocenters. The van der Waals surface area contributed by atoms with Gasteiger partial charge in [0.05, 0.1) is 6.61 Å². The maximum Gasteiger partial charge on any atom is 0.331 e. The SMILES string of the molecule is CCCCCCCCCCCCC/C=C/C=C/C(=O)O[C@H](COC(=O)CCCCCCCCCCCCCCCCCCCCCC)CO[C@H]1O[C@H](CS(=O)(=O)O)[C@@H](O)C(O)C1O. The second-order valence-electron chi connectivity index (χ2n) is 17.9. The van der Waals surface area contributed by atoms with Crippen LogP contribution in [-0.2, 0) is 38.7 Å². The first-order valence-corrected chi connectivity index (χ1v) is 27.0. The Labute approximate surface area is 383 Å². The van der Waals surface area contributed by atoms with Crippen molar-refractivity contribution >= 4 is 22.1 Å². The quantitative estimate of drug-likeness (QED) is 0.0149. The summed E-state index contributed by atoms with van der Waals surface area (Å²) in [5.74, 6) is -2.23. The van der Waals surface area contributed by atoms with Gasteiger partial charge >= 0.3 is 11.9 Å². The van der Waals surface area contributed by atoms with E-state index in [1.807, 2.05) is 6.08 Å². The summed E-state index contributed by atoms with van der Waals surface area (Å²) in [7, 11) is -4.61. The number of carbonyl (C=O) groups excluding carboxylic acids is 2. The normalized spacial score (nSPS) is 19.9. The minimum Gasteiger partial charge on any atom is -0.462 e. The van der Waals surface area contributed by atoms with Crippen molar-refractivity contribution in [3.05, 3.63) is 24.3 Å². The van der Waals surface area contributed by atoms with Crippen LogP contribution in [0, 0.1) is 0 Å². The van der Waals surface area contributed by atoms with E-state index in [0.29, 0.717) is 6.42 Å². The second-order valence-corrected chi connectivity index (χ2v) is 19.4. The van der Waals surface area contributed by atoms with E-state index in [0.717, 1.165) is 38.5 Å². The molecule has 0 aromatic rings. The Hall–Kier alpha value is -1.87. The number of carbonyl (C=O) groups is 2. The smallest absolute Gasteiger partial charge is 0.331 e. The van der Waals surface area contributed by atoms with Crippen LogP contribution >= 0.6 is 0 Å². The van der Waals surface area contributed by atoms with E-state index < -0.39 is 71.2 Å². The molecule has 0 spiro atoms. The number of esters is 2. The summed E-state index contributed by atoms with van der Waals surface area (Å²) in [5, 5.41) is 30.9. The van der Waals surface area contributed by atoms with Gasteiger partial charge in [0.25, 0.3) is 10.1 Å². The van der Waals surface area contributed by atoms with Crippen molar-refractivity contribution < 1.29 is 56.8 Å². The van der Waals surface area contributed by atoms with Gasteiger partial charge in [-0.1, -0.05) is 218 Å². The number of allylic oxidation sites excluding steroid dienone is 3. The molecule has 12 nitrogen and oxygen atoms in total. The van der Waals surface area contributed by atoms with E-state index in [2.05, 4.69) is 13.8 Å². The summed E-state index contributed by atoms with van der Waals surface area (Å²) in [6.07, 6.45) is 37.1. The molecule has 0 bridgehead atoms. The lowest BCUT2D eigenvalue weighted by Gasteiger charge is -2.40. The Bertz CT molecular complexity index is 1260. The predicted molar refractivity (Wildman–Crippen MR) is 252 cm³/mol. The van der Waals surface area contributed by atoms with Gasteiger partial charge in [-0.25, -0.2) is 4.79 Å². The lowest BCUT2D eigenvalue weighted by atomic mass is 10.00. The number of ether oxygens (including phenoxy) is 4. The summed E-state index contributed by atoms with van der Waals surface area (Å²) in [5.41, 5.74) is 0. The van der Waals surface area contributed by atoms with E-state index >= 15 is 0 Å². The van der Waals surface area contributed by atoms with Crippen LogP contribution in [0.15, 0.2) is 24.3 Å². The van der Waals surface area contributed by atoms with Gasteiger partial charge in [-0.05, 0) is 19.3 Å². The Morgan fingerprint density at radius 2 is 1.00 bits per heavy atom. The van der Waals surface area contributed by atoms with Gasteiger partial charge in [0.2, 0.25) is 0 Å². The molecule has 1 saturated heterocycles. The molecule has 0 aromatic carbocycles. The highest BCUT2D eigenvalue weighted by Crippen LogP contribution is 2.24. The molecule has 1 fully saturated rings. The van der Waals surface area contributed by atoms with Crippen molar-refractivity contribution in [2.75, 3.05) is 19.0 Å². The van der Waals surface area contributed by atoms with Crippen LogP contribution in [0.2, 0.25) is 0 Å². The second kappa shape index (κ2) is 40.4. The molecule has 0 saturated carbocycles. The van der Waals surface area contributed by atoms with Crippen LogP contribution in [0.4, 0.5) is 0 Å². The fraction of sp³-hybridized carbons (Fsp3) is 0.880. The van der Waals surface area contributed by atoms with Gasteiger partial charge < -0.3 is 34.3 Å². The van der Waals surface area contributed by atoms with Gasteiger partial charge in [0.1, 0.15) is 36.8 Å². The molecule has 0 amide bonds. The van der Waals surface area contributed by atoms with Crippen LogP contribution < -0.4 is 0 Å². The largest absolute Gasteiger partial charge is 0.462 e. The van der Waals surface area contributed by atoms with Gasteiger partial charge in [-0.3, -0.25) is 9.35 Å². The lowest BCUT2D eigenvalue weighted by Crippen LogP contribution is -2.60. The highest BCUT2D eigenvalue weighted by atomic mass is 32.2. The van der Waals surface area contributed by atoms with Crippen LogP contribution in [0.25, 0.3) is 0 Å². The fourth-order valence-electron chi connectivity index (χ4n) is 7.94. The molecule has 1 heterocycles. The van der Waals surface area contributed by atoms with Gasteiger partial charge in [-0.2, -0.15) is 8.42 Å². The molecule has 63 heavy (non-hydrogen) atoms. The molecule has 1 aliphatic rings. The van der Waals surface area contributed by atoms with Crippen molar-refractivity contribution in [2.24, 2.45) is 0 Å². The van der Waals surface area contributed by atoms with Gasteiger partial charge in [-0.15, -0.1) is 0 Å². The van der Waals surface area contributed by atoms with Gasteiger partial charge in [0, 0.05) is 12.5 Å². The molecule has 13 heteroatoms. The monoisotopic (exact) mass is 917 g/mol. The first-order valence-electron chi connectivity index (χ1n) is 25.4. The third-order valence-electron chi connectivity index (χ3n) is 11.9. The fourth-order valence-corrected chi connectivity index (χ4v) is 8.63. The molecule has 0 aromatic heterocycles. The average molecular weight is 917 g/mol. The summed E-state index contributed by atoms with van der Waals surface area (Å²) < 4.78 is 54.0. The third-order valence-corrected chi connectivity index (χ3v) is 12.6. The molecule has 1 aliphatic heterocycles. The highest BCUT2D eigenvalue weighted by Gasteiger charge is 2.46. The number of hydrogen-bond acceptors (Lipinski definition) is 11. The van der Waals surface area contributed by atoms with Crippen LogP contribution in [-0.4, -0.2) is 96.0 Å². The van der Waals surface area contributed by atoms with E-state index in [1.165, 1.54) is 167 Å². The molecule has 0 aliphatic carbocycles. The van der Waals surface area contributed by atoms with Crippen molar-refractivity contribution in [1.29, 1.82) is 0 Å².